The molecule has 21 heavy (non-hydrogen) atoms. The molecule has 0 spiro atoms. The van der Waals surface area contributed by atoms with Crippen LogP contribution in [-0.4, -0.2) is 35.7 Å². The summed E-state index contributed by atoms with van der Waals surface area (Å²) in [5, 5.41) is 9.04. The topological polar surface area (TPSA) is 40.2 Å². The minimum absolute atomic E-state index is 0.522. The quantitative estimate of drug-likeness (QED) is 0.856. The molecule has 2 N–H and O–H groups in total. The smallest absolute Gasteiger partial charge is 0.0544 e. The molecule has 4 nitrogen and oxygen atoms in total. The van der Waals surface area contributed by atoms with Gasteiger partial charge in [-0.2, -0.15) is 0 Å². The lowest BCUT2D eigenvalue weighted by atomic mass is 10.2. The van der Waals surface area contributed by atoms with Gasteiger partial charge in [-0.3, -0.25) is 15.2 Å². The zero-order valence-electron chi connectivity index (χ0n) is 12.4. The Morgan fingerprint density at radius 1 is 1.33 bits per heavy atom. The van der Waals surface area contributed by atoms with Gasteiger partial charge in [-0.15, -0.1) is 11.3 Å². The van der Waals surface area contributed by atoms with E-state index in [9.17, 15) is 0 Å². The van der Waals surface area contributed by atoms with Crippen molar-refractivity contribution >= 4 is 11.3 Å². The lowest BCUT2D eigenvalue weighted by Gasteiger charge is -2.25. The van der Waals surface area contributed by atoms with Gasteiger partial charge in [0.25, 0.3) is 0 Å². The van der Waals surface area contributed by atoms with E-state index in [1.54, 1.807) is 0 Å². The van der Waals surface area contributed by atoms with Crippen molar-refractivity contribution in [1.29, 1.82) is 0 Å². The first-order valence-corrected chi connectivity index (χ1v) is 8.28. The van der Waals surface area contributed by atoms with Gasteiger partial charge in [0, 0.05) is 50.0 Å². The SMILES string of the molecule is Cc1ccsc1CN(Cc1ccccn1)CC1CNCN1. The molecule has 0 bridgehead atoms. The highest BCUT2D eigenvalue weighted by atomic mass is 32.1. The molecule has 5 heteroatoms. The Labute approximate surface area is 130 Å². The molecule has 2 aromatic heterocycles. The number of nitrogens with zero attached hydrogens (tertiary/aromatic N) is 2. The second-order valence-electron chi connectivity index (χ2n) is 5.55. The Bertz CT molecular complexity index is 548. The summed E-state index contributed by atoms with van der Waals surface area (Å²) in [6.45, 7) is 7.10. The molecule has 0 amide bonds. The van der Waals surface area contributed by atoms with Crippen molar-refractivity contribution in [2.24, 2.45) is 0 Å². The van der Waals surface area contributed by atoms with Gasteiger partial charge in [0.2, 0.25) is 0 Å². The lowest BCUT2D eigenvalue weighted by molar-refractivity contribution is 0.235. The number of nitrogens with one attached hydrogen (secondary N) is 2. The number of aromatic nitrogens is 1. The van der Waals surface area contributed by atoms with E-state index in [-0.39, 0.29) is 0 Å². The molecule has 0 aromatic carbocycles. The first-order chi connectivity index (χ1) is 10.3. The third-order valence-corrected chi connectivity index (χ3v) is 4.84. The highest BCUT2D eigenvalue weighted by molar-refractivity contribution is 7.10. The van der Waals surface area contributed by atoms with Crippen LogP contribution in [0.4, 0.5) is 0 Å². The van der Waals surface area contributed by atoms with Crippen LogP contribution in [0, 0.1) is 6.92 Å². The molecule has 3 heterocycles. The minimum atomic E-state index is 0.522. The van der Waals surface area contributed by atoms with Crippen LogP contribution in [0.25, 0.3) is 0 Å². The van der Waals surface area contributed by atoms with Gasteiger partial charge in [0.05, 0.1) is 5.69 Å². The van der Waals surface area contributed by atoms with Crippen LogP contribution in [0.15, 0.2) is 35.8 Å². The maximum atomic E-state index is 4.47. The van der Waals surface area contributed by atoms with Crippen LogP contribution in [0.5, 0.6) is 0 Å². The normalized spacial score (nSPS) is 18.5. The van der Waals surface area contributed by atoms with E-state index in [0.29, 0.717) is 6.04 Å². The number of hydrogen-bond donors (Lipinski definition) is 2. The second kappa shape index (κ2) is 7.13. The van der Waals surface area contributed by atoms with Crippen LogP contribution >= 0.6 is 11.3 Å². The van der Waals surface area contributed by atoms with Crippen LogP contribution in [0.1, 0.15) is 16.1 Å². The van der Waals surface area contributed by atoms with Crippen molar-refractivity contribution in [3.05, 3.63) is 52.0 Å². The van der Waals surface area contributed by atoms with Crippen LogP contribution in [0.3, 0.4) is 0 Å². The molecule has 0 aliphatic carbocycles. The highest BCUT2D eigenvalue weighted by Gasteiger charge is 2.19. The molecule has 112 valence electrons. The first-order valence-electron chi connectivity index (χ1n) is 7.40. The Balaban J connectivity index is 1.69. The van der Waals surface area contributed by atoms with E-state index < -0.39 is 0 Å². The Kier molecular flexibility index (Phi) is 4.98. The average molecular weight is 302 g/mol. The van der Waals surface area contributed by atoms with E-state index in [4.69, 9.17) is 0 Å². The van der Waals surface area contributed by atoms with Crippen molar-refractivity contribution in [1.82, 2.24) is 20.5 Å². The minimum Gasteiger partial charge on any atom is -0.303 e. The summed E-state index contributed by atoms with van der Waals surface area (Å²) in [5.41, 5.74) is 2.53. The number of thiophene rings is 1. The van der Waals surface area contributed by atoms with Crippen molar-refractivity contribution in [2.75, 3.05) is 19.8 Å². The molecule has 1 unspecified atom stereocenters. The standard InChI is InChI=1S/C16H22N4S/c1-13-5-7-21-16(13)11-20(10-15-8-17-12-19-15)9-14-4-2-3-6-18-14/h2-7,15,17,19H,8-12H2,1H3. The summed E-state index contributed by atoms with van der Waals surface area (Å²) in [4.78, 5) is 8.42. The maximum absolute atomic E-state index is 4.47. The predicted molar refractivity (Wildman–Crippen MR) is 87.2 cm³/mol. The summed E-state index contributed by atoms with van der Waals surface area (Å²) in [7, 11) is 0. The van der Waals surface area contributed by atoms with E-state index in [1.807, 2.05) is 23.6 Å². The van der Waals surface area contributed by atoms with Crippen molar-refractivity contribution in [2.45, 2.75) is 26.1 Å². The molecule has 2 aromatic rings. The van der Waals surface area contributed by atoms with Crippen molar-refractivity contribution < 1.29 is 0 Å². The Hall–Kier alpha value is -1.27. The molecule has 0 saturated carbocycles. The second-order valence-corrected chi connectivity index (χ2v) is 6.55. The van der Waals surface area contributed by atoms with E-state index >= 15 is 0 Å². The molecule has 1 atom stereocenters. The number of hydrogen-bond acceptors (Lipinski definition) is 5. The van der Waals surface area contributed by atoms with Gasteiger partial charge < -0.3 is 5.32 Å². The van der Waals surface area contributed by atoms with E-state index in [2.05, 4.69) is 51.0 Å². The molecule has 1 aliphatic rings. The molecule has 3 rings (SSSR count). The molecular formula is C16H22N4S. The average Bonchev–Trinajstić information content (AvgIpc) is 3.13. The third-order valence-electron chi connectivity index (χ3n) is 3.83. The van der Waals surface area contributed by atoms with Crippen LogP contribution < -0.4 is 10.6 Å². The fraction of sp³-hybridized carbons (Fsp3) is 0.438. The highest BCUT2D eigenvalue weighted by Crippen LogP contribution is 2.19. The Morgan fingerprint density at radius 3 is 2.95 bits per heavy atom. The summed E-state index contributed by atoms with van der Waals surface area (Å²) >= 11 is 1.85. The fourth-order valence-electron chi connectivity index (χ4n) is 2.65. The molecule has 1 aliphatic heterocycles. The first kappa shape index (κ1) is 14.7. The fourth-order valence-corrected chi connectivity index (χ4v) is 3.60. The number of pyridine rings is 1. The largest absolute Gasteiger partial charge is 0.303 e. The number of aryl methyl sites for hydroxylation is 1. The van der Waals surface area contributed by atoms with Gasteiger partial charge in [0.15, 0.2) is 0 Å². The molecule has 0 radical (unpaired) electrons. The van der Waals surface area contributed by atoms with Gasteiger partial charge >= 0.3 is 0 Å². The van der Waals surface area contributed by atoms with Crippen molar-refractivity contribution in [3.8, 4) is 0 Å². The van der Waals surface area contributed by atoms with Gasteiger partial charge in [-0.05, 0) is 36.1 Å². The lowest BCUT2D eigenvalue weighted by Crippen LogP contribution is -2.38. The summed E-state index contributed by atoms with van der Waals surface area (Å²) in [6, 6.07) is 8.86. The van der Waals surface area contributed by atoms with Crippen LogP contribution in [0.2, 0.25) is 0 Å². The van der Waals surface area contributed by atoms with E-state index in [1.165, 1.54) is 10.4 Å². The molecule has 1 saturated heterocycles. The van der Waals surface area contributed by atoms with Crippen LogP contribution in [-0.2, 0) is 13.1 Å². The number of rotatable bonds is 6. The summed E-state index contributed by atoms with van der Waals surface area (Å²) in [6.07, 6.45) is 1.87. The Morgan fingerprint density at radius 2 is 2.29 bits per heavy atom. The zero-order chi connectivity index (χ0) is 14.5. The molecule has 1 fully saturated rings. The van der Waals surface area contributed by atoms with Gasteiger partial charge in [-0.1, -0.05) is 6.07 Å². The maximum Gasteiger partial charge on any atom is 0.0544 e. The predicted octanol–water partition coefficient (Wildman–Crippen LogP) is 1.97. The van der Waals surface area contributed by atoms with Gasteiger partial charge in [0.1, 0.15) is 0 Å². The zero-order valence-corrected chi connectivity index (χ0v) is 13.2. The van der Waals surface area contributed by atoms with Gasteiger partial charge in [-0.25, -0.2) is 0 Å². The third kappa shape index (κ3) is 4.11. The van der Waals surface area contributed by atoms with Crippen molar-refractivity contribution in [3.63, 3.8) is 0 Å². The summed E-state index contributed by atoms with van der Waals surface area (Å²) in [5.74, 6) is 0. The monoisotopic (exact) mass is 302 g/mol. The van der Waals surface area contributed by atoms with E-state index in [0.717, 1.165) is 38.5 Å². The summed E-state index contributed by atoms with van der Waals surface area (Å²) < 4.78 is 0. The molecular weight excluding hydrogens is 280 g/mol.